The van der Waals surface area contributed by atoms with E-state index >= 15 is 0 Å². The fourth-order valence-electron chi connectivity index (χ4n) is 2.11. The van der Waals surface area contributed by atoms with E-state index < -0.39 is 0 Å². The summed E-state index contributed by atoms with van der Waals surface area (Å²) in [4.78, 5) is 3.19. The highest BCUT2D eigenvalue weighted by Gasteiger charge is 2.39. The molecule has 2 heteroatoms. The molecule has 14 heavy (non-hydrogen) atoms. The van der Waals surface area contributed by atoms with Crippen LogP contribution in [-0.4, -0.2) is 4.98 Å². The minimum absolute atomic E-state index is 0.246. The molecule has 1 aromatic carbocycles. The maximum absolute atomic E-state index is 8.80. The predicted octanol–water partition coefficient (Wildman–Crippen LogP) is 2.79. The Hall–Kier alpha value is -1.75. The summed E-state index contributed by atoms with van der Waals surface area (Å²) in [5.41, 5.74) is 2.50. The number of hydrogen-bond acceptors (Lipinski definition) is 1. The van der Waals surface area contributed by atoms with Crippen molar-refractivity contribution in [1.82, 2.24) is 4.98 Å². The van der Waals surface area contributed by atoms with Crippen LogP contribution in [0, 0.1) is 17.2 Å². The van der Waals surface area contributed by atoms with E-state index in [1.165, 1.54) is 16.5 Å². The molecule has 0 bridgehead atoms. The Kier molecular flexibility index (Phi) is 1.43. The lowest BCUT2D eigenvalue weighted by atomic mass is 10.0. The third-order valence-electron chi connectivity index (χ3n) is 2.98. The molecule has 1 heterocycles. The molecule has 68 valence electrons. The number of nitrogens with zero attached hydrogens (tertiary/aromatic N) is 1. The smallest absolute Gasteiger partial charge is 0.0662 e. The number of aromatic amines is 1. The second kappa shape index (κ2) is 2.62. The monoisotopic (exact) mass is 182 g/mol. The van der Waals surface area contributed by atoms with Crippen molar-refractivity contribution >= 4 is 10.9 Å². The molecule has 1 fully saturated rings. The molecule has 2 aromatic rings. The highest BCUT2D eigenvalue weighted by Crippen LogP contribution is 2.48. The highest BCUT2D eigenvalue weighted by molar-refractivity contribution is 5.84. The van der Waals surface area contributed by atoms with Crippen molar-refractivity contribution in [2.75, 3.05) is 0 Å². The number of nitrogens with one attached hydrogen (secondary N) is 1. The van der Waals surface area contributed by atoms with Gasteiger partial charge in [0.15, 0.2) is 0 Å². The number of H-pyrrole nitrogens is 1. The molecule has 1 N–H and O–H groups in total. The van der Waals surface area contributed by atoms with Gasteiger partial charge >= 0.3 is 0 Å². The minimum atomic E-state index is 0.246. The van der Waals surface area contributed by atoms with Crippen LogP contribution in [0.2, 0.25) is 0 Å². The molecular weight excluding hydrogens is 172 g/mol. The fraction of sp³-hybridized carbons (Fsp3) is 0.250. The van der Waals surface area contributed by atoms with Gasteiger partial charge in [-0.15, -0.1) is 0 Å². The molecule has 0 spiro atoms. The van der Waals surface area contributed by atoms with E-state index in [9.17, 15) is 0 Å². The SMILES string of the molecule is N#CC1CC1c1cccc2[nH]ccc12. The van der Waals surface area contributed by atoms with Gasteiger partial charge in [0.2, 0.25) is 0 Å². The van der Waals surface area contributed by atoms with E-state index in [1.54, 1.807) is 0 Å². The molecule has 3 rings (SSSR count). The highest BCUT2D eigenvalue weighted by atomic mass is 14.7. The van der Waals surface area contributed by atoms with E-state index in [-0.39, 0.29) is 5.92 Å². The third kappa shape index (κ3) is 0.958. The van der Waals surface area contributed by atoms with E-state index in [0.717, 1.165) is 6.42 Å². The lowest BCUT2D eigenvalue weighted by molar-refractivity contribution is 1.03. The molecule has 1 aliphatic carbocycles. The second-order valence-corrected chi connectivity index (χ2v) is 3.86. The molecular formula is C12H10N2. The van der Waals surface area contributed by atoms with Crippen molar-refractivity contribution in [3.05, 3.63) is 36.0 Å². The van der Waals surface area contributed by atoms with Crippen LogP contribution in [0.4, 0.5) is 0 Å². The topological polar surface area (TPSA) is 39.6 Å². The van der Waals surface area contributed by atoms with Crippen LogP contribution in [0.25, 0.3) is 10.9 Å². The Bertz CT molecular complexity index is 518. The summed E-state index contributed by atoms with van der Waals surface area (Å²) in [6, 6.07) is 10.7. The van der Waals surface area contributed by atoms with Gasteiger partial charge in [-0.25, -0.2) is 0 Å². The minimum Gasteiger partial charge on any atom is -0.361 e. The van der Waals surface area contributed by atoms with Gasteiger partial charge in [-0.3, -0.25) is 0 Å². The average molecular weight is 182 g/mol. The maximum atomic E-state index is 8.80. The molecule has 0 aliphatic heterocycles. The second-order valence-electron chi connectivity index (χ2n) is 3.86. The standard InChI is InChI=1S/C12H10N2/c13-7-8-6-11(8)9-2-1-3-12-10(9)4-5-14-12/h1-5,8,11,14H,6H2. The van der Waals surface area contributed by atoms with Crippen molar-refractivity contribution < 1.29 is 0 Å². The van der Waals surface area contributed by atoms with Crippen LogP contribution < -0.4 is 0 Å². The van der Waals surface area contributed by atoms with Crippen molar-refractivity contribution in [2.24, 2.45) is 5.92 Å². The van der Waals surface area contributed by atoms with Gasteiger partial charge in [0.1, 0.15) is 0 Å². The summed E-state index contributed by atoms with van der Waals surface area (Å²) in [6.45, 7) is 0. The van der Waals surface area contributed by atoms with Gasteiger partial charge in [-0.05, 0) is 24.1 Å². The fourth-order valence-corrected chi connectivity index (χ4v) is 2.11. The summed E-state index contributed by atoms with van der Waals surface area (Å²) in [6.07, 6.45) is 2.98. The van der Waals surface area contributed by atoms with Crippen LogP contribution in [-0.2, 0) is 0 Å². The van der Waals surface area contributed by atoms with Gasteiger partial charge in [-0.1, -0.05) is 12.1 Å². The first-order valence-electron chi connectivity index (χ1n) is 4.86. The lowest BCUT2D eigenvalue weighted by Crippen LogP contribution is -1.82. The zero-order chi connectivity index (χ0) is 9.54. The van der Waals surface area contributed by atoms with Crippen molar-refractivity contribution in [2.45, 2.75) is 12.3 Å². The Morgan fingerprint density at radius 3 is 3.07 bits per heavy atom. The first-order chi connectivity index (χ1) is 6.90. The zero-order valence-electron chi connectivity index (χ0n) is 7.70. The number of benzene rings is 1. The van der Waals surface area contributed by atoms with E-state index in [1.807, 2.05) is 6.20 Å². The van der Waals surface area contributed by atoms with Crippen molar-refractivity contribution in [3.8, 4) is 6.07 Å². The zero-order valence-corrected chi connectivity index (χ0v) is 7.70. The van der Waals surface area contributed by atoms with Crippen LogP contribution in [0.3, 0.4) is 0 Å². The normalized spacial score (nSPS) is 24.8. The van der Waals surface area contributed by atoms with Gasteiger partial charge < -0.3 is 4.98 Å². The molecule has 2 nitrogen and oxygen atoms in total. The summed E-state index contributed by atoms with van der Waals surface area (Å²) >= 11 is 0. The largest absolute Gasteiger partial charge is 0.361 e. The molecule has 2 unspecified atom stereocenters. The van der Waals surface area contributed by atoms with Crippen LogP contribution in [0.15, 0.2) is 30.5 Å². The maximum Gasteiger partial charge on any atom is 0.0662 e. The molecule has 0 radical (unpaired) electrons. The van der Waals surface area contributed by atoms with Crippen LogP contribution >= 0.6 is 0 Å². The van der Waals surface area contributed by atoms with Gasteiger partial charge in [0.25, 0.3) is 0 Å². The number of rotatable bonds is 1. The lowest BCUT2D eigenvalue weighted by Gasteiger charge is -1.99. The molecule has 2 atom stereocenters. The molecule has 0 saturated heterocycles. The summed E-state index contributed by atoms with van der Waals surface area (Å²) < 4.78 is 0. The van der Waals surface area contributed by atoms with Gasteiger partial charge in [0, 0.05) is 23.0 Å². The first kappa shape index (κ1) is 7.64. The molecule has 1 aliphatic rings. The van der Waals surface area contributed by atoms with Crippen molar-refractivity contribution in [3.63, 3.8) is 0 Å². The average Bonchev–Trinajstić information content (AvgIpc) is 2.85. The quantitative estimate of drug-likeness (QED) is 0.723. The van der Waals surface area contributed by atoms with Crippen molar-refractivity contribution in [1.29, 1.82) is 5.26 Å². The van der Waals surface area contributed by atoms with E-state index in [2.05, 4.69) is 35.3 Å². The Morgan fingerprint density at radius 2 is 2.29 bits per heavy atom. The van der Waals surface area contributed by atoms with Crippen LogP contribution in [0.5, 0.6) is 0 Å². The number of aromatic nitrogens is 1. The van der Waals surface area contributed by atoms with Gasteiger partial charge in [0.05, 0.1) is 12.0 Å². The summed E-state index contributed by atoms with van der Waals surface area (Å²) in [7, 11) is 0. The number of nitriles is 1. The third-order valence-corrected chi connectivity index (χ3v) is 2.98. The molecule has 1 saturated carbocycles. The molecule has 1 aromatic heterocycles. The summed E-state index contributed by atoms with van der Waals surface area (Å²) in [5, 5.41) is 10.1. The first-order valence-corrected chi connectivity index (χ1v) is 4.86. The van der Waals surface area contributed by atoms with E-state index in [4.69, 9.17) is 5.26 Å². The number of fused-ring (bicyclic) bond motifs is 1. The Labute approximate surface area is 82.2 Å². The molecule has 0 amide bonds. The Balaban J connectivity index is 2.14. The van der Waals surface area contributed by atoms with Crippen LogP contribution in [0.1, 0.15) is 17.9 Å². The number of hydrogen-bond donors (Lipinski definition) is 1. The van der Waals surface area contributed by atoms with E-state index in [0.29, 0.717) is 5.92 Å². The van der Waals surface area contributed by atoms with Gasteiger partial charge in [-0.2, -0.15) is 5.26 Å². The predicted molar refractivity (Wildman–Crippen MR) is 54.8 cm³/mol. The Morgan fingerprint density at radius 1 is 1.36 bits per heavy atom. The summed E-state index contributed by atoms with van der Waals surface area (Å²) in [5.74, 6) is 0.718.